The summed E-state index contributed by atoms with van der Waals surface area (Å²) in [5, 5.41) is 0. The van der Waals surface area contributed by atoms with Gasteiger partial charge >= 0.3 is 0 Å². The van der Waals surface area contributed by atoms with Crippen molar-refractivity contribution in [3.8, 4) is 11.5 Å². The molecule has 0 saturated carbocycles. The van der Waals surface area contributed by atoms with Gasteiger partial charge in [-0.1, -0.05) is 13.0 Å². The predicted molar refractivity (Wildman–Crippen MR) is 82.9 cm³/mol. The number of ether oxygens (including phenoxy) is 3. The molecule has 118 valence electrons. The Balaban J connectivity index is 2.04. The second-order valence-corrected chi connectivity index (χ2v) is 5.37. The average molecular weight is 294 g/mol. The summed E-state index contributed by atoms with van der Waals surface area (Å²) >= 11 is 0. The van der Waals surface area contributed by atoms with E-state index in [2.05, 4.69) is 11.8 Å². The van der Waals surface area contributed by atoms with Gasteiger partial charge in [-0.2, -0.15) is 0 Å². The average Bonchev–Trinajstić information content (AvgIpc) is 2.54. The van der Waals surface area contributed by atoms with E-state index < -0.39 is 0 Å². The van der Waals surface area contributed by atoms with E-state index >= 15 is 0 Å². The van der Waals surface area contributed by atoms with Crippen LogP contribution < -0.4 is 15.2 Å². The molecule has 1 heterocycles. The second kappa shape index (κ2) is 7.64. The van der Waals surface area contributed by atoms with Crippen LogP contribution in [0.25, 0.3) is 0 Å². The van der Waals surface area contributed by atoms with Crippen LogP contribution in [-0.2, 0) is 4.74 Å². The molecule has 1 aliphatic heterocycles. The Morgan fingerprint density at radius 3 is 2.86 bits per heavy atom. The fourth-order valence-corrected chi connectivity index (χ4v) is 2.69. The molecule has 2 atom stereocenters. The van der Waals surface area contributed by atoms with Crippen LogP contribution in [0.1, 0.15) is 24.9 Å². The Hall–Kier alpha value is -1.30. The van der Waals surface area contributed by atoms with Crippen LogP contribution in [0.3, 0.4) is 0 Å². The maximum Gasteiger partial charge on any atom is 0.127 e. The van der Waals surface area contributed by atoms with Crippen molar-refractivity contribution in [2.45, 2.75) is 25.5 Å². The molecule has 1 aromatic rings. The smallest absolute Gasteiger partial charge is 0.127 e. The summed E-state index contributed by atoms with van der Waals surface area (Å²) in [7, 11) is 3.31. The normalized spacial score (nSPS) is 21.0. The molecule has 1 saturated heterocycles. The van der Waals surface area contributed by atoms with Crippen LogP contribution in [-0.4, -0.2) is 51.5 Å². The summed E-state index contributed by atoms with van der Waals surface area (Å²) in [5.74, 6) is 1.56. The molecule has 0 aromatic heterocycles. The lowest BCUT2D eigenvalue weighted by Crippen LogP contribution is -2.45. The maximum atomic E-state index is 6.38. The minimum absolute atomic E-state index is 0.0820. The Bertz CT molecular complexity index is 453. The molecular formula is C16H26N2O3. The first-order chi connectivity index (χ1) is 10.2. The van der Waals surface area contributed by atoms with Gasteiger partial charge in [-0.3, -0.25) is 4.90 Å². The standard InChI is InChI=1S/C16H26N2O3/c1-4-12-10-18(7-8-21-12)11-15(17)14-6-5-13(19-2)9-16(14)20-3/h5-6,9,12,15H,4,7-8,10-11,17H2,1-3H3. The van der Waals surface area contributed by atoms with E-state index in [1.54, 1.807) is 14.2 Å². The lowest BCUT2D eigenvalue weighted by Gasteiger charge is -2.34. The molecule has 1 aromatic carbocycles. The summed E-state index contributed by atoms with van der Waals surface area (Å²) in [6.07, 6.45) is 1.36. The number of morpholine rings is 1. The minimum atomic E-state index is -0.0820. The highest BCUT2D eigenvalue weighted by Crippen LogP contribution is 2.29. The van der Waals surface area contributed by atoms with Gasteiger partial charge in [0.25, 0.3) is 0 Å². The predicted octanol–water partition coefficient (Wildman–Crippen LogP) is 1.81. The van der Waals surface area contributed by atoms with Crippen LogP contribution in [0.2, 0.25) is 0 Å². The van der Waals surface area contributed by atoms with E-state index in [-0.39, 0.29) is 6.04 Å². The molecule has 1 aliphatic rings. The van der Waals surface area contributed by atoms with E-state index in [9.17, 15) is 0 Å². The Morgan fingerprint density at radius 1 is 1.38 bits per heavy atom. The van der Waals surface area contributed by atoms with Crippen LogP contribution in [0.4, 0.5) is 0 Å². The van der Waals surface area contributed by atoms with Gasteiger partial charge in [0.15, 0.2) is 0 Å². The molecule has 0 bridgehead atoms. The Kier molecular flexibility index (Phi) is 5.85. The maximum absolute atomic E-state index is 6.38. The molecule has 2 N–H and O–H groups in total. The van der Waals surface area contributed by atoms with Crippen molar-refractivity contribution >= 4 is 0 Å². The van der Waals surface area contributed by atoms with Crippen molar-refractivity contribution in [3.63, 3.8) is 0 Å². The van der Waals surface area contributed by atoms with Crippen molar-refractivity contribution in [2.75, 3.05) is 40.5 Å². The van der Waals surface area contributed by atoms with Gasteiger partial charge in [0.05, 0.1) is 26.9 Å². The summed E-state index contributed by atoms with van der Waals surface area (Å²) in [6, 6.07) is 5.71. The highest BCUT2D eigenvalue weighted by Gasteiger charge is 2.22. The molecule has 2 rings (SSSR count). The van der Waals surface area contributed by atoms with Crippen molar-refractivity contribution in [2.24, 2.45) is 5.73 Å². The number of hydrogen-bond acceptors (Lipinski definition) is 5. The van der Waals surface area contributed by atoms with Gasteiger partial charge in [-0.15, -0.1) is 0 Å². The topological polar surface area (TPSA) is 57.0 Å². The van der Waals surface area contributed by atoms with Gasteiger partial charge in [0, 0.05) is 37.3 Å². The monoisotopic (exact) mass is 294 g/mol. The zero-order valence-corrected chi connectivity index (χ0v) is 13.2. The number of rotatable bonds is 6. The van der Waals surface area contributed by atoms with Gasteiger partial charge in [-0.05, 0) is 12.5 Å². The fourth-order valence-electron chi connectivity index (χ4n) is 2.69. The number of benzene rings is 1. The number of methoxy groups -OCH3 is 2. The molecule has 5 nitrogen and oxygen atoms in total. The van der Waals surface area contributed by atoms with E-state index in [1.165, 1.54) is 0 Å². The third-order valence-electron chi connectivity index (χ3n) is 3.97. The number of hydrogen-bond donors (Lipinski definition) is 1. The lowest BCUT2D eigenvalue weighted by molar-refractivity contribution is -0.0312. The zero-order chi connectivity index (χ0) is 15.2. The van der Waals surface area contributed by atoms with Crippen LogP contribution in [0.15, 0.2) is 18.2 Å². The van der Waals surface area contributed by atoms with E-state index in [1.807, 2.05) is 18.2 Å². The van der Waals surface area contributed by atoms with Gasteiger partial charge in [-0.25, -0.2) is 0 Å². The molecule has 1 fully saturated rings. The summed E-state index contributed by atoms with van der Waals surface area (Å²) < 4.78 is 16.4. The fraction of sp³-hybridized carbons (Fsp3) is 0.625. The molecular weight excluding hydrogens is 268 g/mol. The third-order valence-corrected chi connectivity index (χ3v) is 3.97. The quantitative estimate of drug-likeness (QED) is 0.867. The summed E-state index contributed by atoms with van der Waals surface area (Å²) in [6.45, 7) is 5.62. The van der Waals surface area contributed by atoms with Crippen molar-refractivity contribution in [1.82, 2.24) is 4.90 Å². The van der Waals surface area contributed by atoms with Crippen molar-refractivity contribution in [3.05, 3.63) is 23.8 Å². The molecule has 0 spiro atoms. The van der Waals surface area contributed by atoms with E-state index in [0.29, 0.717) is 6.10 Å². The molecule has 0 aliphatic carbocycles. The summed E-state index contributed by atoms with van der Waals surface area (Å²) in [5.41, 5.74) is 7.39. The zero-order valence-electron chi connectivity index (χ0n) is 13.2. The molecule has 5 heteroatoms. The van der Waals surface area contributed by atoms with E-state index in [0.717, 1.165) is 49.7 Å². The number of nitrogens with two attached hydrogens (primary N) is 1. The first kappa shape index (κ1) is 16.1. The Morgan fingerprint density at radius 2 is 2.19 bits per heavy atom. The van der Waals surface area contributed by atoms with Crippen molar-refractivity contribution in [1.29, 1.82) is 0 Å². The third kappa shape index (κ3) is 4.09. The molecule has 0 amide bonds. The number of nitrogens with zero attached hydrogens (tertiary/aromatic N) is 1. The first-order valence-electron chi connectivity index (χ1n) is 7.49. The molecule has 21 heavy (non-hydrogen) atoms. The summed E-state index contributed by atoms with van der Waals surface area (Å²) in [4.78, 5) is 2.37. The highest BCUT2D eigenvalue weighted by atomic mass is 16.5. The van der Waals surface area contributed by atoms with Crippen LogP contribution >= 0.6 is 0 Å². The second-order valence-electron chi connectivity index (χ2n) is 5.37. The van der Waals surface area contributed by atoms with Gasteiger partial charge < -0.3 is 19.9 Å². The lowest BCUT2D eigenvalue weighted by atomic mass is 10.0. The van der Waals surface area contributed by atoms with Crippen molar-refractivity contribution < 1.29 is 14.2 Å². The molecule has 2 unspecified atom stereocenters. The molecule has 0 radical (unpaired) electrons. The SMILES string of the molecule is CCC1CN(CC(N)c2ccc(OC)cc2OC)CCO1. The van der Waals surface area contributed by atoms with Crippen LogP contribution in [0.5, 0.6) is 11.5 Å². The van der Waals surface area contributed by atoms with Crippen LogP contribution in [0, 0.1) is 0 Å². The van der Waals surface area contributed by atoms with Gasteiger partial charge in [0.1, 0.15) is 11.5 Å². The highest BCUT2D eigenvalue weighted by molar-refractivity contribution is 5.42. The largest absolute Gasteiger partial charge is 0.497 e. The van der Waals surface area contributed by atoms with Gasteiger partial charge in [0.2, 0.25) is 0 Å². The first-order valence-corrected chi connectivity index (χ1v) is 7.49. The minimum Gasteiger partial charge on any atom is -0.497 e. The van der Waals surface area contributed by atoms with E-state index in [4.69, 9.17) is 19.9 Å². The Labute approximate surface area is 127 Å².